The zero-order chi connectivity index (χ0) is 35.3. The number of rotatable bonds is 13. The van der Waals surface area contributed by atoms with Gasteiger partial charge in [-0.3, -0.25) is 4.79 Å². The van der Waals surface area contributed by atoms with Crippen molar-refractivity contribution in [1.82, 2.24) is 0 Å². The van der Waals surface area contributed by atoms with Crippen molar-refractivity contribution in [2.75, 3.05) is 13.2 Å². The Balaban J connectivity index is 5.55. The molecule has 43 heavy (non-hydrogen) atoms. The van der Waals surface area contributed by atoms with Crippen LogP contribution >= 0.6 is 0 Å². The molecule has 0 unspecified atom stereocenters. The molecule has 0 saturated heterocycles. The number of halogens is 22. The molecule has 0 spiro atoms. The van der Waals surface area contributed by atoms with Crippen LogP contribution in [0.2, 0.25) is 0 Å². The first-order chi connectivity index (χ1) is 18.4. The van der Waals surface area contributed by atoms with Gasteiger partial charge in [-0.1, -0.05) is 6.58 Å². The van der Waals surface area contributed by atoms with Crippen molar-refractivity contribution in [3.05, 3.63) is 12.2 Å². The molecule has 0 aliphatic carbocycles. The molecule has 0 saturated carbocycles. The summed E-state index contributed by atoms with van der Waals surface area (Å²) in [7, 11) is 0. The topological polar surface area (TPSA) is 52.6 Å². The second kappa shape index (κ2) is 11.3. The second-order valence-electron chi connectivity index (χ2n) is 7.87. The summed E-state index contributed by atoms with van der Waals surface area (Å²) in [6.45, 7) is -4.61. The maximum absolute atomic E-state index is 13.5. The molecule has 0 rings (SSSR count). The minimum atomic E-state index is -7.93. The van der Waals surface area contributed by atoms with Gasteiger partial charge in [-0.25, -0.2) is 4.79 Å². The molecular formula is C17H8F22O4. The molecule has 26 heteroatoms. The lowest BCUT2D eigenvalue weighted by Crippen LogP contribution is -2.67. The van der Waals surface area contributed by atoms with Gasteiger partial charge >= 0.3 is 71.7 Å². The monoisotopic (exact) mass is 694 g/mol. The van der Waals surface area contributed by atoms with Gasteiger partial charge in [0.1, 0.15) is 0 Å². The van der Waals surface area contributed by atoms with E-state index in [9.17, 15) is 106 Å². The van der Waals surface area contributed by atoms with E-state index in [1.54, 1.807) is 0 Å². The first-order valence-electron chi connectivity index (χ1n) is 9.57. The molecular weight excluding hydrogens is 686 g/mol. The fourth-order valence-electron chi connectivity index (χ4n) is 2.12. The van der Waals surface area contributed by atoms with E-state index >= 15 is 0 Å². The standard InChI is InChI=1S/C17H8F22O4/c1-5(7(41)43-4-9(20,21)11(24,25)13(28,29)15(32,33)17(37,38)39)2-6(40)42-3-8(18,19)10(22,23)12(26,27)14(30,31)16(34,35)36/h1-4H2. The highest BCUT2D eigenvalue weighted by molar-refractivity contribution is 5.93. The summed E-state index contributed by atoms with van der Waals surface area (Å²) in [5.41, 5.74) is -1.82. The van der Waals surface area contributed by atoms with Crippen LogP contribution in [0.15, 0.2) is 12.2 Å². The molecule has 0 aliphatic rings. The molecule has 0 aliphatic heterocycles. The van der Waals surface area contributed by atoms with Crippen LogP contribution in [-0.2, 0) is 19.1 Å². The maximum Gasteiger partial charge on any atom is 0.460 e. The first kappa shape index (κ1) is 40.1. The molecule has 0 aromatic rings. The summed E-state index contributed by atoms with van der Waals surface area (Å²) in [6, 6.07) is 0. The number of alkyl halides is 22. The highest BCUT2D eigenvalue weighted by Gasteiger charge is 2.88. The molecule has 0 atom stereocenters. The molecule has 0 aromatic heterocycles. The van der Waals surface area contributed by atoms with Gasteiger partial charge in [0.2, 0.25) is 0 Å². The SMILES string of the molecule is C=C(CC(=O)OCC(F)(F)C(F)(F)C(F)(F)C(F)(F)C(F)(F)F)C(=O)OCC(F)(F)C(F)(F)C(F)(F)C(F)(F)C(F)(F)F. The summed E-state index contributed by atoms with van der Waals surface area (Å²) >= 11 is 0. The predicted octanol–water partition coefficient (Wildman–Crippen LogP) is 7.23. The highest BCUT2D eigenvalue weighted by Crippen LogP contribution is 2.58. The maximum atomic E-state index is 13.5. The van der Waals surface area contributed by atoms with Crippen LogP contribution in [0, 0.1) is 0 Å². The average molecular weight is 694 g/mol. The zero-order valence-corrected chi connectivity index (χ0v) is 19.3. The van der Waals surface area contributed by atoms with E-state index in [-0.39, 0.29) is 0 Å². The van der Waals surface area contributed by atoms with Crippen LogP contribution in [0.5, 0.6) is 0 Å². The lowest BCUT2D eigenvalue weighted by molar-refractivity contribution is -0.424. The van der Waals surface area contributed by atoms with Crippen molar-refractivity contribution in [3.63, 3.8) is 0 Å². The van der Waals surface area contributed by atoms with Crippen LogP contribution < -0.4 is 0 Å². The van der Waals surface area contributed by atoms with Crippen molar-refractivity contribution >= 4 is 11.9 Å². The van der Waals surface area contributed by atoms with Gasteiger partial charge in [0, 0.05) is 5.57 Å². The highest BCUT2D eigenvalue weighted by atomic mass is 19.4. The molecule has 0 radical (unpaired) electrons. The molecule has 0 aromatic carbocycles. The van der Waals surface area contributed by atoms with Gasteiger partial charge in [0.05, 0.1) is 6.42 Å². The quantitative estimate of drug-likeness (QED) is 0.116. The number of carbonyl (C=O) groups is 2. The van der Waals surface area contributed by atoms with E-state index in [0.29, 0.717) is 0 Å². The third kappa shape index (κ3) is 6.79. The average Bonchev–Trinajstić information content (AvgIpc) is 2.78. The summed E-state index contributed by atoms with van der Waals surface area (Å²) in [5.74, 6) is -65.7. The molecule has 0 N–H and O–H groups in total. The van der Waals surface area contributed by atoms with E-state index in [1.165, 1.54) is 0 Å². The fraction of sp³-hybridized carbons (Fsp3) is 0.765. The zero-order valence-electron chi connectivity index (χ0n) is 19.3. The van der Waals surface area contributed by atoms with Gasteiger partial charge in [-0.15, -0.1) is 0 Å². The number of hydrogen-bond donors (Lipinski definition) is 0. The van der Waals surface area contributed by atoms with Crippen molar-refractivity contribution in [2.45, 2.75) is 66.2 Å². The van der Waals surface area contributed by atoms with Crippen molar-refractivity contribution < 1.29 is 116 Å². The molecule has 4 nitrogen and oxygen atoms in total. The van der Waals surface area contributed by atoms with E-state index in [1.807, 2.05) is 0 Å². The summed E-state index contributed by atoms with van der Waals surface area (Å²) in [4.78, 5) is 22.7. The summed E-state index contributed by atoms with van der Waals surface area (Å²) < 4.78 is 289. The normalized spacial score (nSPS) is 15.3. The van der Waals surface area contributed by atoms with Gasteiger partial charge in [0.25, 0.3) is 0 Å². The van der Waals surface area contributed by atoms with E-state index in [2.05, 4.69) is 16.1 Å². The van der Waals surface area contributed by atoms with E-state index in [4.69, 9.17) is 0 Å². The summed E-state index contributed by atoms with van der Waals surface area (Å²) in [6.07, 6.45) is -17.2. The molecule has 0 fully saturated rings. The Kier molecular flexibility index (Phi) is 10.5. The van der Waals surface area contributed by atoms with E-state index in [0.717, 1.165) is 0 Å². The number of ether oxygens (including phenoxy) is 2. The Morgan fingerprint density at radius 3 is 1.00 bits per heavy atom. The number of hydrogen-bond acceptors (Lipinski definition) is 4. The predicted molar refractivity (Wildman–Crippen MR) is 87.4 cm³/mol. The molecule has 0 bridgehead atoms. The van der Waals surface area contributed by atoms with Crippen molar-refractivity contribution in [3.8, 4) is 0 Å². The molecule has 254 valence electrons. The molecule has 0 heterocycles. The minimum absolute atomic E-state index is 1.82. The fourth-order valence-corrected chi connectivity index (χ4v) is 2.12. The van der Waals surface area contributed by atoms with Crippen LogP contribution in [0.4, 0.5) is 96.6 Å². The van der Waals surface area contributed by atoms with Gasteiger partial charge < -0.3 is 9.47 Å². The Morgan fingerprint density at radius 2 is 0.721 bits per heavy atom. The minimum Gasteiger partial charge on any atom is -0.459 e. The Hall–Kier alpha value is -2.86. The Labute approximate surface area is 220 Å². The Bertz CT molecular complexity index is 1050. The van der Waals surface area contributed by atoms with Crippen LogP contribution in [0.3, 0.4) is 0 Å². The summed E-state index contributed by atoms with van der Waals surface area (Å²) in [5, 5.41) is 0. The number of carbonyl (C=O) groups excluding carboxylic acids is 2. The van der Waals surface area contributed by atoms with Crippen LogP contribution in [-0.4, -0.2) is 84.9 Å². The van der Waals surface area contributed by atoms with E-state index < -0.39 is 96.9 Å². The lowest BCUT2D eigenvalue weighted by Gasteiger charge is -2.37. The smallest absolute Gasteiger partial charge is 0.459 e. The largest absolute Gasteiger partial charge is 0.460 e. The second-order valence-corrected chi connectivity index (χ2v) is 7.87. The third-order valence-corrected chi connectivity index (χ3v) is 4.65. The van der Waals surface area contributed by atoms with Gasteiger partial charge in [0.15, 0.2) is 13.2 Å². The van der Waals surface area contributed by atoms with Gasteiger partial charge in [-0.2, -0.15) is 96.6 Å². The first-order valence-corrected chi connectivity index (χ1v) is 9.57. The Morgan fingerprint density at radius 1 is 0.442 bits per heavy atom. The number of esters is 2. The van der Waals surface area contributed by atoms with Crippen molar-refractivity contribution in [1.29, 1.82) is 0 Å². The van der Waals surface area contributed by atoms with Crippen LogP contribution in [0.25, 0.3) is 0 Å². The van der Waals surface area contributed by atoms with Gasteiger partial charge in [-0.05, 0) is 0 Å². The third-order valence-electron chi connectivity index (χ3n) is 4.65. The molecule has 0 amide bonds. The van der Waals surface area contributed by atoms with Crippen LogP contribution in [0.1, 0.15) is 6.42 Å². The lowest BCUT2D eigenvalue weighted by atomic mass is 9.98. The van der Waals surface area contributed by atoms with Crippen molar-refractivity contribution in [2.24, 2.45) is 0 Å².